The van der Waals surface area contributed by atoms with Crippen LogP contribution in [0.2, 0.25) is 0 Å². The van der Waals surface area contributed by atoms with E-state index < -0.39 is 0 Å². The Morgan fingerprint density at radius 2 is 2.36 bits per heavy atom. The maximum Gasteiger partial charge on any atom is 0.176 e. The average Bonchev–Trinajstić information content (AvgIpc) is 2.35. The molecule has 0 unspecified atom stereocenters. The molecule has 3 heteroatoms. The van der Waals surface area contributed by atoms with Gasteiger partial charge in [-0.15, -0.1) is 0 Å². The SMILES string of the molecule is Cc1coc2c(N)nccc12. The van der Waals surface area contributed by atoms with E-state index in [0.717, 1.165) is 10.9 Å². The maximum absolute atomic E-state index is 5.56. The quantitative estimate of drug-likeness (QED) is 0.618. The number of pyridine rings is 1. The number of hydrogen-bond donors (Lipinski definition) is 1. The molecule has 0 fully saturated rings. The number of fused-ring (bicyclic) bond motifs is 1. The lowest BCUT2D eigenvalue weighted by Crippen LogP contribution is -1.88. The molecule has 2 rings (SSSR count). The summed E-state index contributed by atoms with van der Waals surface area (Å²) < 4.78 is 5.19. The van der Waals surface area contributed by atoms with E-state index in [0.29, 0.717) is 11.4 Å². The van der Waals surface area contributed by atoms with Crippen LogP contribution >= 0.6 is 0 Å². The zero-order valence-electron chi connectivity index (χ0n) is 6.16. The Kier molecular flexibility index (Phi) is 1.12. The van der Waals surface area contributed by atoms with Crippen molar-refractivity contribution in [3.63, 3.8) is 0 Å². The fraction of sp³-hybridized carbons (Fsp3) is 0.125. The van der Waals surface area contributed by atoms with Crippen LogP contribution in [0.5, 0.6) is 0 Å². The minimum absolute atomic E-state index is 0.454. The van der Waals surface area contributed by atoms with Crippen LogP contribution in [0.1, 0.15) is 5.56 Å². The fourth-order valence-electron chi connectivity index (χ4n) is 1.11. The van der Waals surface area contributed by atoms with Gasteiger partial charge in [0.15, 0.2) is 11.4 Å². The van der Waals surface area contributed by atoms with Gasteiger partial charge in [0.25, 0.3) is 0 Å². The van der Waals surface area contributed by atoms with Crippen molar-refractivity contribution in [3.05, 3.63) is 24.1 Å². The normalized spacial score (nSPS) is 10.6. The second-order valence-corrected chi connectivity index (χ2v) is 2.49. The molecule has 2 aromatic heterocycles. The third kappa shape index (κ3) is 0.774. The first kappa shape index (κ1) is 6.22. The van der Waals surface area contributed by atoms with Gasteiger partial charge in [0.2, 0.25) is 0 Å². The molecule has 56 valence electrons. The summed E-state index contributed by atoms with van der Waals surface area (Å²) >= 11 is 0. The van der Waals surface area contributed by atoms with Gasteiger partial charge in [-0.25, -0.2) is 4.98 Å². The summed E-state index contributed by atoms with van der Waals surface area (Å²) in [6.07, 6.45) is 3.36. The van der Waals surface area contributed by atoms with Crippen LogP contribution in [-0.4, -0.2) is 4.98 Å². The number of aromatic nitrogens is 1. The largest absolute Gasteiger partial charge is 0.460 e. The lowest BCUT2D eigenvalue weighted by molar-refractivity contribution is 0.613. The number of rotatable bonds is 0. The number of nitrogens with two attached hydrogens (primary N) is 1. The predicted molar refractivity (Wildman–Crippen MR) is 43.2 cm³/mol. The second kappa shape index (κ2) is 1.99. The van der Waals surface area contributed by atoms with E-state index in [1.54, 1.807) is 12.5 Å². The van der Waals surface area contributed by atoms with Gasteiger partial charge < -0.3 is 10.2 Å². The number of nitrogen functional groups attached to an aromatic ring is 1. The lowest BCUT2D eigenvalue weighted by Gasteiger charge is -1.91. The lowest BCUT2D eigenvalue weighted by atomic mass is 10.2. The molecule has 0 radical (unpaired) electrons. The Bertz CT molecular complexity index is 392. The Morgan fingerprint density at radius 1 is 1.55 bits per heavy atom. The highest BCUT2D eigenvalue weighted by Gasteiger charge is 2.03. The van der Waals surface area contributed by atoms with Gasteiger partial charge in [-0.1, -0.05) is 0 Å². The van der Waals surface area contributed by atoms with Crippen molar-refractivity contribution >= 4 is 16.8 Å². The zero-order chi connectivity index (χ0) is 7.84. The number of nitrogens with zero attached hydrogens (tertiary/aromatic N) is 1. The Morgan fingerprint density at radius 3 is 3.09 bits per heavy atom. The van der Waals surface area contributed by atoms with Gasteiger partial charge in [0, 0.05) is 11.6 Å². The van der Waals surface area contributed by atoms with E-state index in [9.17, 15) is 0 Å². The van der Waals surface area contributed by atoms with Crippen molar-refractivity contribution in [1.29, 1.82) is 0 Å². The molecule has 0 aliphatic rings. The van der Waals surface area contributed by atoms with Gasteiger partial charge in [0.1, 0.15) is 0 Å². The molecule has 2 aromatic rings. The van der Waals surface area contributed by atoms with Gasteiger partial charge >= 0.3 is 0 Å². The summed E-state index contributed by atoms with van der Waals surface area (Å²) in [6.45, 7) is 1.98. The summed E-state index contributed by atoms with van der Waals surface area (Å²) in [5.41, 5.74) is 7.34. The van der Waals surface area contributed by atoms with E-state index >= 15 is 0 Å². The average molecular weight is 148 g/mol. The summed E-state index contributed by atoms with van der Waals surface area (Å²) in [5, 5.41) is 1.04. The zero-order valence-corrected chi connectivity index (χ0v) is 6.16. The first-order valence-electron chi connectivity index (χ1n) is 3.37. The van der Waals surface area contributed by atoms with E-state index in [2.05, 4.69) is 4.98 Å². The highest BCUT2D eigenvalue weighted by molar-refractivity contribution is 5.87. The van der Waals surface area contributed by atoms with Crippen molar-refractivity contribution in [3.8, 4) is 0 Å². The van der Waals surface area contributed by atoms with Gasteiger partial charge in [-0.05, 0) is 18.6 Å². The molecule has 0 amide bonds. The van der Waals surface area contributed by atoms with E-state index in [1.165, 1.54) is 0 Å². The molecule has 0 bridgehead atoms. The van der Waals surface area contributed by atoms with Crippen LogP contribution < -0.4 is 5.73 Å². The van der Waals surface area contributed by atoms with Crippen molar-refractivity contribution in [2.75, 3.05) is 5.73 Å². The minimum atomic E-state index is 0.454. The molecule has 0 aromatic carbocycles. The van der Waals surface area contributed by atoms with Gasteiger partial charge in [0.05, 0.1) is 6.26 Å². The van der Waals surface area contributed by atoms with Crippen LogP contribution in [0.15, 0.2) is 22.9 Å². The molecule has 3 nitrogen and oxygen atoms in total. The van der Waals surface area contributed by atoms with Crippen molar-refractivity contribution in [2.45, 2.75) is 6.92 Å². The molecule has 11 heavy (non-hydrogen) atoms. The molecule has 2 heterocycles. The smallest absolute Gasteiger partial charge is 0.176 e. The van der Waals surface area contributed by atoms with Gasteiger partial charge in [-0.3, -0.25) is 0 Å². The number of anilines is 1. The Hall–Kier alpha value is -1.51. The van der Waals surface area contributed by atoms with Crippen LogP contribution in [-0.2, 0) is 0 Å². The first-order chi connectivity index (χ1) is 5.29. The molecule has 2 N–H and O–H groups in total. The minimum Gasteiger partial charge on any atom is -0.460 e. The maximum atomic E-state index is 5.56. The standard InChI is InChI=1S/C8H8N2O/c1-5-4-11-7-6(5)2-3-10-8(7)9/h2-4H,1H3,(H2,9,10). The first-order valence-corrected chi connectivity index (χ1v) is 3.37. The molecule has 0 saturated heterocycles. The topological polar surface area (TPSA) is 52.0 Å². The van der Waals surface area contributed by atoms with Crippen LogP contribution in [0.3, 0.4) is 0 Å². The van der Waals surface area contributed by atoms with Crippen LogP contribution in [0, 0.1) is 6.92 Å². The molecular formula is C8H8N2O. The van der Waals surface area contributed by atoms with E-state index in [4.69, 9.17) is 10.2 Å². The summed E-state index contributed by atoms with van der Waals surface area (Å²) in [6, 6.07) is 1.89. The Balaban J connectivity index is 2.94. The Labute approximate surface area is 63.8 Å². The molecule has 0 aliphatic heterocycles. The van der Waals surface area contributed by atoms with Crippen molar-refractivity contribution in [2.24, 2.45) is 0 Å². The highest BCUT2D eigenvalue weighted by atomic mass is 16.3. The fourth-order valence-corrected chi connectivity index (χ4v) is 1.11. The van der Waals surface area contributed by atoms with Crippen molar-refractivity contribution < 1.29 is 4.42 Å². The van der Waals surface area contributed by atoms with E-state index in [-0.39, 0.29) is 0 Å². The number of hydrogen-bond acceptors (Lipinski definition) is 3. The number of aryl methyl sites for hydroxylation is 1. The predicted octanol–water partition coefficient (Wildman–Crippen LogP) is 1.72. The summed E-state index contributed by atoms with van der Waals surface area (Å²) in [7, 11) is 0. The van der Waals surface area contributed by atoms with E-state index in [1.807, 2.05) is 13.0 Å². The monoisotopic (exact) mass is 148 g/mol. The van der Waals surface area contributed by atoms with Crippen LogP contribution in [0.4, 0.5) is 5.82 Å². The van der Waals surface area contributed by atoms with Gasteiger partial charge in [-0.2, -0.15) is 0 Å². The van der Waals surface area contributed by atoms with Crippen molar-refractivity contribution in [1.82, 2.24) is 4.98 Å². The third-order valence-corrected chi connectivity index (χ3v) is 1.71. The molecule has 0 aliphatic carbocycles. The molecule has 0 spiro atoms. The summed E-state index contributed by atoms with van der Waals surface area (Å²) in [4.78, 5) is 3.90. The molecular weight excluding hydrogens is 140 g/mol. The number of furan rings is 1. The summed E-state index contributed by atoms with van der Waals surface area (Å²) in [5.74, 6) is 0.454. The highest BCUT2D eigenvalue weighted by Crippen LogP contribution is 2.22. The van der Waals surface area contributed by atoms with Crippen LogP contribution in [0.25, 0.3) is 11.0 Å². The molecule has 0 saturated carbocycles. The molecule has 0 atom stereocenters. The third-order valence-electron chi connectivity index (χ3n) is 1.71. The second-order valence-electron chi connectivity index (χ2n) is 2.49.